The summed E-state index contributed by atoms with van der Waals surface area (Å²) in [4.78, 5) is 27.3. The summed E-state index contributed by atoms with van der Waals surface area (Å²) in [7, 11) is 0. The van der Waals surface area contributed by atoms with Gasteiger partial charge in [-0.2, -0.15) is 10.2 Å². The summed E-state index contributed by atoms with van der Waals surface area (Å²) >= 11 is 0. The number of azo groups is 1. The molecule has 0 fully saturated rings. The number of carbonyl (C=O) groups excluding carboxylic acids is 2. The Labute approximate surface area is 185 Å². The first-order chi connectivity index (χ1) is 15.7. The van der Waals surface area contributed by atoms with E-state index in [-0.39, 0.29) is 13.0 Å². The van der Waals surface area contributed by atoms with E-state index in [1.807, 2.05) is 60.8 Å². The highest BCUT2D eigenvalue weighted by Gasteiger charge is 2.10. The molecule has 7 nitrogen and oxygen atoms in total. The lowest BCUT2D eigenvalue weighted by atomic mass is 10.1. The van der Waals surface area contributed by atoms with Crippen LogP contribution in [0.25, 0.3) is 10.9 Å². The van der Waals surface area contributed by atoms with Crippen molar-refractivity contribution < 1.29 is 14.3 Å². The fourth-order valence-electron chi connectivity index (χ4n) is 3.21. The molecule has 4 rings (SSSR count). The van der Waals surface area contributed by atoms with Crippen LogP contribution in [0.5, 0.6) is 0 Å². The van der Waals surface area contributed by atoms with Crippen LogP contribution in [-0.2, 0) is 20.7 Å². The van der Waals surface area contributed by atoms with Gasteiger partial charge in [0.25, 0.3) is 5.91 Å². The molecular weight excluding hydrogens is 404 g/mol. The monoisotopic (exact) mass is 426 g/mol. The summed E-state index contributed by atoms with van der Waals surface area (Å²) in [6.07, 6.45) is 2.65. The minimum atomic E-state index is -0.415. The van der Waals surface area contributed by atoms with Gasteiger partial charge in [0.05, 0.1) is 11.4 Å². The van der Waals surface area contributed by atoms with Gasteiger partial charge in [-0.3, -0.25) is 9.59 Å². The molecule has 0 aliphatic heterocycles. The van der Waals surface area contributed by atoms with Gasteiger partial charge in [0.1, 0.15) is 0 Å². The number of H-pyrrole nitrogens is 1. The summed E-state index contributed by atoms with van der Waals surface area (Å²) in [5.41, 5.74) is 4.09. The molecule has 0 saturated heterocycles. The van der Waals surface area contributed by atoms with E-state index in [2.05, 4.69) is 20.5 Å². The van der Waals surface area contributed by atoms with E-state index < -0.39 is 11.9 Å². The van der Waals surface area contributed by atoms with E-state index in [9.17, 15) is 9.59 Å². The topological polar surface area (TPSA) is 95.9 Å². The third kappa shape index (κ3) is 5.66. The van der Waals surface area contributed by atoms with E-state index in [1.165, 1.54) is 0 Å². The first-order valence-electron chi connectivity index (χ1n) is 10.2. The number of nitrogens with zero attached hydrogens (tertiary/aromatic N) is 2. The molecule has 2 N–H and O–H groups in total. The van der Waals surface area contributed by atoms with Gasteiger partial charge in [-0.05, 0) is 54.4 Å². The third-order valence-electron chi connectivity index (χ3n) is 4.83. The molecule has 160 valence electrons. The van der Waals surface area contributed by atoms with Crippen LogP contribution in [0.3, 0.4) is 0 Å². The summed E-state index contributed by atoms with van der Waals surface area (Å²) in [6, 6.07) is 24.3. The smallest absolute Gasteiger partial charge is 0.306 e. The van der Waals surface area contributed by atoms with Crippen molar-refractivity contribution >= 4 is 39.8 Å². The quantitative estimate of drug-likeness (QED) is 0.279. The molecule has 1 amide bonds. The molecule has 0 atom stereocenters. The molecule has 0 spiro atoms. The number of nitrogens with one attached hydrogen (secondary N) is 2. The van der Waals surface area contributed by atoms with Gasteiger partial charge < -0.3 is 15.0 Å². The van der Waals surface area contributed by atoms with Crippen molar-refractivity contribution in [3.05, 3.63) is 90.6 Å². The zero-order valence-electron chi connectivity index (χ0n) is 17.3. The van der Waals surface area contributed by atoms with Crippen molar-refractivity contribution in [1.29, 1.82) is 0 Å². The van der Waals surface area contributed by atoms with Crippen molar-refractivity contribution in [2.24, 2.45) is 10.2 Å². The first kappa shape index (κ1) is 21.0. The standard InChI is InChI=1S/C25H22N4O3/c30-24(17-32-25(31)15-10-18-16-26-23-9-5-4-8-22(18)23)27-19-11-13-21(14-12-19)29-28-20-6-2-1-3-7-20/h1-9,11-14,16,26H,10,15,17H2,(H,27,30). The lowest BCUT2D eigenvalue weighted by molar-refractivity contribution is -0.147. The fourth-order valence-corrected chi connectivity index (χ4v) is 3.21. The average molecular weight is 426 g/mol. The number of para-hydroxylation sites is 1. The van der Waals surface area contributed by atoms with Crippen LogP contribution >= 0.6 is 0 Å². The largest absolute Gasteiger partial charge is 0.456 e. The molecule has 0 aliphatic rings. The number of fused-ring (bicyclic) bond motifs is 1. The minimum Gasteiger partial charge on any atom is -0.456 e. The first-order valence-corrected chi connectivity index (χ1v) is 10.2. The van der Waals surface area contributed by atoms with Crippen molar-refractivity contribution in [3.8, 4) is 0 Å². The molecular formula is C25H22N4O3. The summed E-state index contributed by atoms with van der Waals surface area (Å²) < 4.78 is 5.10. The van der Waals surface area contributed by atoms with Crippen LogP contribution in [-0.4, -0.2) is 23.5 Å². The highest BCUT2D eigenvalue weighted by molar-refractivity contribution is 5.93. The van der Waals surface area contributed by atoms with Gasteiger partial charge >= 0.3 is 5.97 Å². The van der Waals surface area contributed by atoms with E-state index in [0.717, 1.165) is 22.2 Å². The second kappa shape index (κ2) is 10.2. The van der Waals surface area contributed by atoms with Crippen LogP contribution in [0.1, 0.15) is 12.0 Å². The Kier molecular flexibility index (Phi) is 6.67. The summed E-state index contributed by atoms with van der Waals surface area (Å²) in [5, 5.41) is 12.1. The minimum absolute atomic E-state index is 0.205. The van der Waals surface area contributed by atoms with E-state index in [4.69, 9.17) is 4.74 Å². The van der Waals surface area contributed by atoms with Gasteiger partial charge in [0.2, 0.25) is 0 Å². The van der Waals surface area contributed by atoms with Gasteiger partial charge in [0, 0.05) is 29.2 Å². The molecule has 1 heterocycles. The molecule has 0 saturated carbocycles. The molecule has 0 aliphatic carbocycles. The van der Waals surface area contributed by atoms with Crippen molar-refractivity contribution in [2.45, 2.75) is 12.8 Å². The predicted octanol–water partition coefficient (Wildman–Crippen LogP) is 5.70. The Morgan fingerprint density at radius 3 is 2.31 bits per heavy atom. The Hall–Kier alpha value is -4.26. The normalized spacial score (nSPS) is 11.0. The Bertz CT molecular complexity index is 1230. The lowest BCUT2D eigenvalue weighted by Crippen LogP contribution is -2.21. The molecule has 0 bridgehead atoms. The maximum absolute atomic E-state index is 12.1. The lowest BCUT2D eigenvalue weighted by Gasteiger charge is -2.07. The molecule has 32 heavy (non-hydrogen) atoms. The number of carbonyl (C=O) groups is 2. The molecule has 4 aromatic rings. The van der Waals surface area contributed by atoms with Crippen molar-refractivity contribution in [1.82, 2.24) is 4.98 Å². The molecule has 3 aromatic carbocycles. The summed E-state index contributed by atoms with van der Waals surface area (Å²) in [5.74, 6) is -0.814. The predicted molar refractivity (Wildman–Crippen MR) is 123 cm³/mol. The van der Waals surface area contributed by atoms with E-state index in [0.29, 0.717) is 17.8 Å². The van der Waals surface area contributed by atoms with Gasteiger partial charge in [0.15, 0.2) is 6.61 Å². The number of aryl methyl sites for hydroxylation is 1. The molecule has 0 radical (unpaired) electrons. The van der Waals surface area contributed by atoms with Crippen molar-refractivity contribution in [2.75, 3.05) is 11.9 Å². The Morgan fingerprint density at radius 1 is 0.844 bits per heavy atom. The molecule has 7 heteroatoms. The third-order valence-corrected chi connectivity index (χ3v) is 4.83. The van der Waals surface area contributed by atoms with Crippen LogP contribution in [0.2, 0.25) is 0 Å². The number of esters is 1. The molecule has 1 aromatic heterocycles. The number of aromatic nitrogens is 1. The number of benzene rings is 3. The maximum atomic E-state index is 12.1. The number of anilines is 1. The van der Waals surface area contributed by atoms with Crippen molar-refractivity contribution in [3.63, 3.8) is 0 Å². The highest BCUT2D eigenvalue weighted by atomic mass is 16.5. The summed E-state index contributed by atoms with van der Waals surface area (Å²) in [6.45, 7) is -0.331. The van der Waals surface area contributed by atoms with E-state index in [1.54, 1.807) is 24.3 Å². The zero-order valence-corrected chi connectivity index (χ0v) is 17.3. The Morgan fingerprint density at radius 2 is 1.53 bits per heavy atom. The second-order valence-corrected chi connectivity index (χ2v) is 7.15. The number of hydrogen-bond acceptors (Lipinski definition) is 5. The zero-order chi connectivity index (χ0) is 22.2. The fraction of sp³-hybridized carbons (Fsp3) is 0.120. The van der Waals surface area contributed by atoms with E-state index >= 15 is 0 Å². The molecule has 0 unspecified atom stereocenters. The average Bonchev–Trinajstić information content (AvgIpc) is 3.25. The van der Waals surface area contributed by atoms with Crippen LogP contribution in [0, 0.1) is 0 Å². The van der Waals surface area contributed by atoms with Gasteiger partial charge in [-0.15, -0.1) is 0 Å². The second-order valence-electron chi connectivity index (χ2n) is 7.15. The van der Waals surface area contributed by atoms with Crippen LogP contribution in [0.15, 0.2) is 95.3 Å². The maximum Gasteiger partial charge on any atom is 0.306 e. The number of hydrogen-bond donors (Lipinski definition) is 2. The Balaban J connectivity index is 1.21. The van der Waals surface area contributed by atoms with Crippen LogP contribution < -0.4 is 5.32 Å². The number of ether oxygens (including phenoxy) is 1. The number of amides is 1. The van der Waals surface area contributed by atoms with Crippen LogP contribution in [0.4, 0.5) is 17.1 Å². The SMILES string of the molecule is O=C(COC(=O)CCc1c[nH]c2ccccc12)Nc1ccc(N=Nc2ccccc2)cc1. The van der Waals surface area contributed by atoms with Gasteiger partial charge in [-0.25, -0.2) is 0 Å². The number of rotatable bonds is 8. The highest BCUT2D eigenvalue weighted by Crippen LogP contribution is 2.21. The van der Waals surface area contributed by atoms with Gasteiger partial charge in [-0.1, -0.05) is 36.4 Å². The number of aromatic amines is 1.